The Hall–Kier alpha value is -3.12. The van der Waals surface area contributed by atoms with Crippen molar-refractivity contribution in [3.05, 3.63) is 76.5 Å². The molecule has 5 nitrogen and oxygen atoms in total. The highest BCUT2D eigenvalue weighted by Gasteiger charge is 2.11. The van der Waals surface area contributed by atoms with E-state index in [0.717, 1.165) is 5.56 Å². The molecule has 3 aromatic rings. The fourth-order valence-corrected chi connectivity index (χ4v) is 3.00. The standard InChI is InChI=1S/C20H17NO4S/c1-24-17-6-3-2-5-14(17)13-19(22)25-16-10-8-15(9-11-16)21-20(23)18-7-4-12-26-18/h2-12H,13H2,1H3,(H,21,23). The fourth-order valence-electron chi connectivity index (χ4n) is 2.38. The van der Waals surface area contributed by atoms with Crippen LogP contribution in [0.15, 0.2) is 66.0 Å². The van der Waals surface area contributed by atoms with Crippen LogP contribution in [0.3, 0.4) is 0 Å². The fraction of sp³-hybridized carbons (Fsp3) is 0.100. The van der Waals surface area contributed by atoms with E-state index in [-0.39, 0.29) is 18.3 Å². The molecule has 0 saturated carbocycles. The zero-order valence-corrected chi connectivity index (χ0v) is 14.9. The molecule has 0 aliphatic carbocycles. The Morgan fingerprint density at radius 2 is 1.77 bits per heavy atom. The van der Waals surface area contributed by atoms with Crippen LogP contribution in [0, 0.1) is 0 Å². The molecule has 2 aromatic carbocycles. The Morgan fingerprint density at radius 1 is 1.00 bits per heavy atom. The monoisotopic (exact) mass is 367 g/mol. The van der Waals surface area contributed by atoms with Crippen LogP contribution in [-0.2, 0) is 11.2 Å². The number of amides is 1. The Balaban J connectivity index is 1.58. The molecule has 0 fully saturated rings. The molecule has 132 valence electrons. The van der Waals surface area contributed by atoms with E-state index in [1.54, 1.807) is 43.5 Å². The van der Waals surface area contributed by atoms with Gasteiger partial charge in [-0.05, 0) is 41.8 Å². The Bertz CT molecular complexity index is 888. The normalized spacial score (nSPS) is 10.2. The van der Waals surface area contributed by atoms with Crippen LogP contribution in [0.2, 0.25) is 0 Å². The number of ether oxygens (including phenoxy) is 2. The lowest BCUT2D eigenvalue weighted by Gasteiger charge is -2.09. The number of carbonyl (C=O) groups excluding carboxylic acids is 2. The van der Waals surface area contributed by atoms with E-state index in [1.165, 1.54) is 11.3 Å². The van der Waals surface area contributed by atoms with Crippen LogP contribution in [0.5, 0.6) is 11.5 Å². The Kier molecular flexibility index (Phi) is 5.66. The summed E-state index contributed by atoms with van der Waals surface area (Å²) in [5.74, 6) is 0.515. The second-order valence-electron chi connectivity index (χ2n) is 5.42. The van der Waals surface area contributed by atoms with Crippen molar-refractivity contribution in [3.8, 4) is 11.5 Å². The quantitative estimate of drug-likeness (QED) is 0.525. The summed E-state index contributed by atoms with van der Waals surface area (Å²) in [5, 5.41) is 4.64. The van der Waals surface area contributed by atoms with E-state index < -0.39 is 0 Å². The van der Waals surface area contributed by atoms with E-state index in [1.807, 2.05) is 29.6 Å². The molecule has 0 aliphatic heterocycles. The summed E-state index contributed by atoms with van der Waals surface area (Å²) in [6.45, 7) is 0. The van der Waals surface area contributed by atoms with E-state index in [9.17, 15) is 9.59 Å². The molecule has 1 amide bonds. The molecule has 0 bridgehead atoms. The minimum absolute atomic E-state index is 0.112. The highest BCUT2D eigenvalue weighted by molar-refractivity contribution is 7.12. The summed E-state index contributed by atoms with van der Waals surface area (Å²) in [5.41, 5.74) is 1.40. The van der Waals surface area contributed by atoms with Crippen molar-refractivity contribution in [2.45, 2.75) is 6.42 Å². The molecule has 1 heterocycles. The van der Waals surface area contributed by atoms with Gasteiger partial charge in [-0.3, -0.25) is 9.59 Å². The van der Waals surface area contributed by atoms with Gasteiger partial charge in [-0.1, -0.05) is 24.3 Å². The molecule has 26 heavy (non-hydrogen) atoms. The molecular formula is C20H17NO4S. The maximum atomic E-state index is 12.1. The number of anilines is 1. The van der Waals surface area contributed by atoms with E-state index in [0.29, 0.717) is 22.1 Å². The molecule has 1 N–H and O–H groups in total. The molecule has 3 rings (SSSR count). The maximum Gasteiger partial charge on any atom is 0.315 e. The molecule has 0 unspecified atom stereocenters. The number of hydrogen-bond acceptors (Lipinski definition) is 5. The van der Waals surface area contributed by atoms with Gasteiger partial charge < -0.3 is 14.8 Å². The number of esters is 1. The van der Waals surface area contributed by atoms with Crippen molar-refractivity contribution in [1.29, 1.82) is 0 Å². The first-order valence-electron chi connectivity index (χ1n) is 7.93. The van der Waals surface area contributed by atoms with Crippen molar-refractivity contribution in [1.82, 2.24) is 0 Å². The van der Waals surface area contributed by atoms with Gasteiger partial charge in [0.15, 0.2) is 0 Å². The average Bonchev–Trinajstić information content (AvgIpc) is 3.18. The highest BCUT2D eigenvalue weighted by Crippen LogP contribution is 2.21. The number of nitrogens with one attached hydrogen (secondary N) is 1. The zero-order valence-electron chi connectivity index (χ0n) is 14.1. The third-order valence-electron chi connectivity index (χ3n) is 3.62. The molecule has 0 spiro atoms. The number of benzene rings is 2. The van der Waals surface area contributed by atoms with Crippen LogP contribution < -0.4 is 14.8 Å². The lowest BCUT2D eigenvalue weighted by atomic mass is 10.1. The van der Waals surface area contributed by atoms with Crippen LogP contribution in [-0.4, -0.2) is 19.0 Å². The van der Waals surface area contributed by atoms with Crippen molar-refractivity contribution < 1.29 is 19.1 Å². The van der Waals surface area contributed by atoms with Crippen LogP contribution in [0.4, 0.5) is 5.69 Å². The summed E-state index contributed by atoms with van der Waals surface area (Å²) < 4.78 is 10.6. The number of methoxy groups -OCH3 is 1. The van der Waals surface area contributed by atoms with Crippen molar-refractivity contribution in [2.24, 2.45) is 0 Å². The van der Waals surface area contributed by atoms with Crippen molar-refractivity contribution >= 4 is 28.9 Å². The van der Waals surface area contributed by atoms with E-state index >= 15 is 0 Å². The second kappa shape index (κ2) is 8.31. The van der Waals surface area contributed by atoms with Crippen LogP contribution >= 0.6 is 11.3 Å². The van der Waals surface area contributed by atoms with Crippen LogP contribution in [0.1, 0.15) is 15.2 Å². The summed E-state index contributed by atoms with van der Waals surface area (Å²) in [6, 6.07) is 17.6. The van der Waals surface area contributed by atoms with Gasteiger partial charge in [0.05, 0.1) is 18.4 Å². The first-order valence-corrected chi connectivity index (χ1v) is 8.81. The molecule has 1 aromatic heterocycles. The van der Waals surface area contributed by atoms with Gasteiger partial charge in [-0.25, -0.2) is 0 Å². The molecule has 0 atom stereocenters. The SMILES string of the molecule is COc1ccccc1CC(=O)Oc1ccc(NC(=O)c2cccs2)cc1. The maximum absolute atomic E-state index is 12.1. The van der Waals surface area contributed by atoms with E-state index in [2.05, 4.69) is 5.32 Å². The van der Waals surface area contributed by atoms with Crippen molar-refractivity contribution in [3.63, 3.8) is 0 Å². The van der Waals surface area contributed by atoms with Gasteiger partial charge in [0.25, 0.3) is 5.91 Å². The number of rotatable bonds is 6. The first kappa shape index (κ1) is 17.7. The summed E-state index contributed by atoms with van der Waals surface area (Å²) in [4.78, 5) is 24.8. The second-order valence-corrected chi connectivity index (χ2v) is 6.37. The number of thiophene rings is 1. The number of carbonyl (C=O) groups is 2. The smallest absolute Gasteiger partial charge is 0.315 e. The Labute approximate surface area is 155 Å². The highest BCUT2D eigenvalue weighted by atomic mass is 32.1. The average molecular weight is 367 g/mol. The topological polar surface area (TPSA) is 64.6 Å². The lowest BCUT2D eigenvalue weighted by molar-refractivity contribution is -0.133. The number of hydrogen-bond donors (Lipinski definition) is 1. The zero-order chi connectivity index (χ0) is 18.4. The summed E-state index contributed by atoms with van der Waals surface area (Å²) in [6.07, 6.45) is 0.112. The van der Waals surface area contributed by atoms with Gasteiger partial charge in [0.2, 0.25) is 0 Å². The molecular weight excluding hydrogens is 350 g/mol. The Morgan fingerprint density at radius 3 is 2.46 bits per heavy atom. The predicted octanol–water partition coefficient (Wildman–Crippen LogP) is 4.16. The summed E-state index contributed by atoms with van der Waals surface area (Å²) in [7, 11) is 1.56. The van der Waals surface area contributed by atoms with Crippen LogP contribution in [0.25, 0.3) is 0 Å². The van der Waals surface area contributed by atoms with Gasteiger partial charge in [-0.15, -0.1) is 11.3 Å². The predicted molar refractivity (Wildman–Crippen MR) is 101 cm³/mol. The van der Waals surface area contributed by atoms with Gasteiger partial charge in [0, 0.05) is 11.3 Å². The molecule has 0 aliphatic rings. The van der Waals surface area contributed by atoms with E-state index in [4.69, 9.17) is 9.47 Å². The lowest BCUT2D eigenvalue weighted by Crippen LogP contribution is -2.12. The minimum Gasteiger partial charge on any atom is -0.496 e. The third-order valence-corrected chi connectivity index (χ3v) is 4.48. The molecule has 0 saturated heterocycles. The minimum atomic E-state index is -0.384. The van der Waals surface area contributed by atoms with Gasteiger partial charge in [0.1, 0.15) is 11.5 Å². The number of para-hydroxylation sites is 1. The van der Waals surface area contributed by atoms with Gasteiger partial charge in [-0.2, -0.15) is 0 Å². The molecule has 6 heteroatoms. The first-order chi connectivity index (χ1) is 12.7. The largest absolute Gasteiger partial charge is 0.496 e. The summed E-state index contributed by atoms with van der Waals surface area (Å²) >= 11 is 1.37. The van der Waals surface area contributed by atoms with Gasteiger partial charge >= 0.3 is 5.97 Å². The van der Waals surface area contributed by atoms with Crippen molar-refractivity contribution in [2.75, 3.05) is 12.4 Å². The molecule has 0 radical (unpaired) electrons. The third kappa shape index (κ3) is 4.49.